The third kappa shape index (κ3) is 3.52. The van der Waals surface area contributed by atoms with E-state index in [0.717, 1.165) is 29.7 Å². The first-order chi connectivity index (χ1) is 9.22. The first-order valence-electron chi connectivity index (χ1n) is 6.46. The Bertz CT molecular complexity index is 542. The maximum absolute atomic E-state index is 6.26. The highest BCUT2D eigenvalue weighted by molar-refractivity contribution is 6.31. The molecule has 0 amide bonds. The molecule has 2 heterocycles. The van der Waals surface area contributed by atoms with Crippen LogP contribution >= 0.6 is 11.6 Å². The molecule has 4 heteroatoms. The largest absolute Gasteiger partial charge is 0.306 e. The van der Waals surface area contributed by atoms with Crippen LogP contribution in [0.3, 0.4) is 0 Å². The molecular formula is C15H18ClN3. The molecule has 1 atom stereocenters. The lowest BCUT2D eigenvalue weighted by Gasteiger charge is -2.20. The Morgan fingerprint density at radius 3 is 2.79 bits per heavy atom. The van der Waals surface area contributed by atoms with E-state index in [9.17, 15) is 0 Å². The molecule has 0 aromatic carbocycles. The molecule has 1 unspecified atom stereocenters. The number of aryl methyl sites for hydroxylation is 1. The predicted octanol–water partition coefficient (Wildman–Crippen LogP) is 3.53. The molecule has 0 radical (unpaired) electrons. The van der Waals surface area contributed by atoms with Crippen LogP contribution in [0, 0.1) is 6.92 Å². The van der Waals surface area contributed by atoms with Gasteiger partial charge in [-0.2, -0.15) is 0 Å². The number of hydrogen-bond donors (Lipinski definition) is 1. The van der Waals surface area contributed by atoms with Crippen molar-refractivity contribution >= 4 is 11.6 Å². The van der Waals surface area contributed by atoms with E-state index in [1.165, 1.54) is 0 Å². The highest BCUT2D eigenvalue weighted by Gasteiger charge is 2.16. The van der Waals surface area contributed by atoms with Gasteiger partial charge in [-0.3, -0.25) is 9.97 Å². The number of pyridine rings is 2. The van der Waals surface area contributed by atoms with Crippen molar-refractivity contribution in [1.82, 2.24) is 15.3 Å². The summed E-state index contributed by atoms with van der Waals surface area (Å²) in [4.78, 5) is 8.31. The summed E-state index contributed by atoms with van der Waals surface area (Å²) >= 11 is 6.26. The smallest absolute Gasteiger partial charge is 0.0640 e. The SMILES string of the molecule is CCCNC(c1cncc(C)c1)c1ccncc1Cl. The van der Waals surface area contributed by atoms with Crippen molar-refractivity contribution in [2.24, 2.45) is 0 Å². The molecule has 3 nitrogen and oxygen atoms in total. The van der Waals surface area contributed by atoms with Gasteiger partial charge in [-0.1, -0.05) is 24.6 Å². The quantitative estimate of drug-likeness (QED) is 0.907. The van der Waals surface area contributed by atoms with E-state index in [1.54, 1.807) is 12.4 Å². The van der Waals surface area contributed by atoms with Crippen LogP contribution in [-0.4, -0.2) is 16.5 Å². The minimum atomic E-state index is 0.0582. The molecule has 0 spiro atoms. The van der Waals surface area contributed by atoms with E-state index in [1.807, 2.05) is 25.4 Å². The van der Waals surface area contributed by atoms with Crippen molar-refractivity contribution < 1.29 is 0 Å². The van der Waals surface area contributed by atoms with Gasteiger partial charge in [-0.05, 0) is 42.6 Å². The molecule has 2 rings (SSSR count). The van der Waals surface area contributed by atoms with Crippen LogP contribution < -0.4 is 5.32 Å². The summed E-state index contributed by atoms with van der Waals surface area (Å²) in [6, 6.07) is 4.15. The van der Waals surface area contributed by atoms with Crippen LogP contribution in [0.4, 0.5) is 0 Å². The summed E-state index contributed by atoms with van der Waals surface area (Å²) < 4.78 is 0. The van der Waals surface area contributed by atoms with Crippen LogP contribution in [0.1, 0.15) is 36.1 Å². The van der Waals surface area contributed by atoms with E-state index in [4.69, 9.17) is 11.6 Å². The van der Waals surface area contributed by atoms with Crippen molar-refractivity contribution in [2.45, 2.75) is 26.3 Å². The summed E-state index contributed by atoms with van der Waals surface area (Å²) in [6.07, 6.45) is 8.26. The maximum Gasteiger partial charge on any atom is 0.0640 e. The van der Waals surface area contributed by atoms with E-state index in [0.29, 0.717) is 5.02 Å². The minimum Gasteiger partial charge on any atom is -0.306 e. The Kier molecular flexibility index (Phi) is 4.88. The lowest BCUT2D eigenvalue weighted by molar-refractivity contribution is 0.596. The average molecular weight is 276 g/mol. The third-order valence-electron chi connectivity index (χ3n) is 2.94. The van der Waals surface area contributed by atoms with E-state index in [-0.39, 0.29) is 6.04 Å². The van der Waals surface area contributed by atoms with E-state index >= 15 is 0 Å². The van der Waals surface area contributed by atoms with Gasteiger partial charge in [0.25, 0.3) is 0 Å². The van der Waals surface area contributed by atoms with Crippen molar-refractivity contribution in [3.8, 4) is 0 Å². The van der Waals surface area contributed by atoms with Crippen LogP contribution in [0.5, 0.6) is 0 Å². The number of nitrogens with one attached hydrogen (secondary N) is 1. The predicted molar refractivity (Wildman–Crippen MR) is 78.4 cm³/mol. The number of halogens is 1. The highest BCUT2D eigenvalue weighted by atomic mass is 35.5. The van der Waals surface area contributed by atoms with Crippen molar-refractivity contribution in [2.75, 3.05) is 6.54 Å². The Labute approximate surface area is 119 Å². The van der Waals surface area contributed by atoms with E-state index < -0.39 is 0 Å². The second kappa shape index (κ2) is 6.64. The summed E-state index contributed by atoms with van der Waals surface area (Å²) in [6.45, 7) is 5.12. The van der Waals surface area contributed by atoms with Gasteiger partial charge in [0.05, 0.1) is 11.1 Å². The number of nitrogens with zero attached hydrogens (tertiary/aromatic N) is 2. The zero-order valence-electron chi connectivity index (χ0n) is 11.2. The monoisotopic (exact) mass is 275 g/mol. The first kappa shape index (κ1) is 14.0. The summed E-state index contributed by atoms with van der Waals surface area (Å²) in [5.41, 5.74) is 3.31. The molecule has 0 fully saturated rings. The number of rotatable bonds is 5. The van der Waals surface area contributed by atoms with Crippen LogP contribution in [0.2, 0.25) is 5.02 Å². The average Bonchev–Trinajstić information content (AvgIpc) is 2.41. The van der Waals surface area contributed by atoms with Gasteiger partial charge >= 0.3 is 0 Å². The second-order valence-corrected chi connectivity index (χ2v) is 4.99. The van der Waals surface area contributed by atoms with Gasteiger partial charge in [-0.15, -0.1) is 0 Å². The molecule has 0 saturated carbocycles. The van der Waals surface area contributed by atoms with Gasteiger partial charge < -0.3 is 5.32 Å². The van der Waals surface area contributed by atoms with Gasteiger partial charge in [-0.25, -0.2) is 0 Å². The zero-order chi connectivity index (χ0) is 13.7. The number of hydrogen-bond acceptors (Lipinski definition) is 3. The van der Waals surface area contributed by atoms with Crippen molar-refractivity contribution in [1.29, 1.82) is 0 Å². The fraction of sp³-hybridized carbons (Fsp3) is 0.333. The molecule has 1 N–H and O–H groups in total. The summed E-state index contributed by atoms with van der Waals surface area (Å²) in [5, 5.41) is 4.20. The Balaban J connectivity index is 2.38. The van der Waals surface area contributed by atoms with Gasteiger partial charge in [0, 0.05) is 24.8 Å². The lowest BCUT2D eigenvalue weighted by Crippen LogP contribution is -2.23. The first-order valence-corrected chi connectivity index (χ1v) is 6.84. The molecule has 19 heavy (non-hydrogen) atoms. The zero-order valence-corrected chi connectivity index (χ0v) is 12.0. The topological polar surface area (TPSA) is 37.8 Å². The molecule has 0 aliphatic rings. The van der Waals surface area contributed by atoms with Gasteiger partial charge in [0.2, 0.25) is 0 Å². The molecule has 100 valence electrons. The van der Waals surface area contributed by atoms with Crippen LogP contribution in [-0.2, 0) is 0 Å². The van der Waals surface area contributed by atoms with E-state index in [2.05, 4.69) is 28.3 Å². The lowest BCUT2D eigenvalue weighted by atomic mass is 10.00. The fourth-order valence-corrected chi connectivity index (χ4v) is 2.28. The standard InChI is InChI=1S/C15H18ClN3/c1-3-5-19-15(12-7-11(2)8-18-9-12)13-4-6-17-10-14(13)16/h4,6-10,15,19H,3,5H2,1-2H3. The van der Waals surface area contributed by atoms with Gasteiger partial charge in [0.1, 0.15) is 0 Å². The Morgan fingerprint density at radius 1 is 1.26 bits per heavy atom. The number of aromatic nitrogens is 2. The Hall–Kier alpha value is -1.45. The molecule has 0 bridgehead atoms. The minimum absolute atomic E-state index is 0.0582. The van der Waals surface area contributed by atoms with Crippen molar-refractivity contribution in [3.63, 3.8) is 0 Å². The molecular weight excluding hydrogens is 258 g/mol. The molecule has 0 aliphatic heterocycles. The molecule has 0 saturated heterocycles. The van der Waals surface area contributed by atoms with Crippen LogP contribution in [0.25, 0.3) is 0 Å². The fourth-order valence-electron chi connectivity index (χ4n) is 2.05. The summed E-state index contributed by atoms with van der Waals surface area (Å²) in [5.74, 6) is 0. The normalized spacial score (nSPS) is 12.4. The molecule has 2 aromatic heterocycles. The molecule has 0 aliphatic carbocycles. The van der Waals surface area contributed by atoms with Crippen molar-refractivity contribution in [3.05, 3.63) is 58.6 Å². The van der Waals surface area contributed by atoms with Gasteiger partial charge in [0.15, 0.2) is 0 Å². The molecule has 2 aromatic rings. The Morgan fingerprint density at radius 2 is 2.11 bits per heavy atom. The maximum atomic E-state index is 6.26. The second-order valence-electron chi connectivity index (χ2n) is 4.58. The third-order valence-corrected chi connectivity index (χ3v) is 3.26. The van der Waals surface area contributed by atoms with Crippen LogP contribution in [0.15, 0.2) is 36.9 Å². The highest BCUT2D eigenvalue weighted by Crippen LogP contribution is 2.27. The summed E-state index contributed by atoms with van der Waals surface area (Å²) in [7, 11) is 0.